The predicted molar refractivity (Wildman–Crippen MR) is 98.0 cm³/mol. The van der Waals surface area contributed by atoms with Gasteiger partial charge in [-0.2, -0.15) is 9.40 Å². The van der Waals surface area contributed by atoms with E-state index in [0.29, 0.717) is 38.3 Å². The third-order valence-electron chi connectivity index (χ3n) is 5.38. The third kappa shape index (κ3) is 4.83. The molecule has 8 nitrogen and oxygen atoms in total. The van der Waals surface area contributed by atoms with Gasteiger partial charge in [-0.15, -0.1) is 0 Å². The lowest BCUT2D eigenvalue weighted by Crippen LogP contribution is -2.46. The van der Waals surface area contributed by atoms with Gasteiger partial charge in [-0.3, -0.25) is 9.48 Å². The number of nitrogens with one attached hydrogen (secondary N) is 2. The number of nitrogens with zero attached hydrogens (tertiary/aromatic N) is 3. The smallest absolute Gasteiger partial charge is 0.246 e. The fourth-order valence-electron chi connectivity index (χ4n) is 3.73. The standard InChI is InChI=1S/C17H29N5O3S/c1-21-13-16(12-19-21)26(24,25)22-10-6-15(7-11-22)20-17(23)3-2-14-4-8-18-9-5-14/h12-15,18H,2-11H2,1H3,(H,20,23). The first-order valence-corrected chi connectivity index (χ1v) is 10.9. The Morgan fingerprint density at radius 2 is 1.96 bits per heavy atom. The van der Waals surface area contributed by atoms with Crippen LogP contribution >= 0.6 is 0 Å². The maximum absolute atomic E-state index is 12.6. The molecule has 26 heavy (non-hydrogen) atoms. The Hall–Kier alpha value is -1.45. The Balaban J connectivity index is 1.42. The van der Waals surface area contributed by atoms with Gasteiger partial charge in [0.15, 0.2) is 0 Å². The molecule has 0 aliphatic carbocycles. The molecule has 2 N–H and O–H groups in total. The summed E-state index contributed by atoms with van der Waals surface area (Å²) < 4.78 is 28.2. The number of piperidine rings is 2. The van der Waals surface area contributed by atoms with Crippen molar-refractivity contribution < 1.29 is 13.2 Å². The highest BCUT2D eigenvalue weighted by atomic mass is 32.2. The van der Waals surface area contributed by atoms with Gasteiger partial charge < -0.3 is 10.6 Å². The van der Waals surface area contributed by atoms with Gasteiger partial charge in [0.2, 0.25) is 15.9 Å². The molecule has 3 rings (SSSR count). The lowest BCUT2D eigenvalue weighted by atomic mass is 9.93. The van der Waals surface area contributed by atoms with Crippen LogP contribution < -0.4 is 10.6 Å². The second-order valence-electron chi connectivity index (χ2n) is 7.33. The number of aromatic nitrogens is 2. The summed E-state index contributed by atoms with van der Waals surface area (Å²) in [7, 11) is -1.79. The summed E-state index contributed by atoms with van der Waals surface area (Å²) in [6.07, 6.45) is 8.02. The number of aryl methyl sites for hydroxylation is 1. The van der Waals surface area contributed by atoms with Crippen molar-refractivity contribution in [2.75, 3.05) is 26.2 Å². The first-order valence-electron chi connectivity index (χ1n) is 9.44. The lowest BCUT2D eigenvalue weighted by Gasteiger charge is -2.31. The van der Waals surface area contributed by atoms with Crippen molar-refractivity contribution in [3.8, 4) is 0 Å². The summed E-state index contributed by atoms with van der Waals surface area (Å²) in [6.45, 7) is 2.96. The summed E-state index contributed by atoms with van der Waals surface area (Å²) in [5.74, 6) is 0.741. The van der Waals surface area contributed by atoms with E-state index in [2.05, 4.69) is 15.7 Å². The minimum absolute atomic E-state index is 0.0656. The molecule has 1 aromatic rings. The maximum atomic E-state index is 12.6. The van der Waals surface area contributed by atoms with Crippen LogP contribution in [0.25, 0.3) is 0 Å². The quantitative estimate of drug-likeness (QED) is 0.744. The number of hydrogen-bond acceptors (Lipinski definition) is 5. The molecule has 0 spiro atoms. The van der Waals surface area contributed by atoms with Crippen LogP contribution in [0.2, 0.25) is 0 Å². The second-order valence-corrected chi connectivity index (χ2v) is 9.27. The molecular formula is C17H29N5O3S. The number of amides is 1. The van der Waals surface area contributed by atoms with Gasteiger partial charge in [0.25, 0.3) is 0 Å². The Bertz CT molecular complexity index is 704. The Labute approximate surface area is 155 Å². The Morgan fingerprint density at radius 1 is 1.27 bits per heavy atom. The number of sulfonamides is 1. The molecule has 1 aromatic heterocycles. The first-order chi connectivity index (χ1) is 12.4. The van der Waals surface area contributed by atoms with Gasteiger partial charge in [-0.25, -0.2) is 8.42 Å². The van der Waals surface area contributed by atoms with E-state index in [0.717, 1.165) is 32.4 Å². The highest BCUT2D eigenvalue weighted by Gasteiger charge is 2.30. The third-order valence-corrected chi connectivity index (χ3v) is 7.23. The zero-order valence-corrected chi connectivity index (χ0v) is 16.2. The van der Waals surface area contributed by atoms with E-state index >= 15 is 0 Å². The van der Waals surface area contributed by atoms with Crippen molar-refractivity contribution in [1.29, 1.82) is 0 Å². The van der Waals surface area contributed by atoms with Crippen LogP contribution in [-0.2, 0) is 21.9 Å². The SMILES string of the molecule is Cn1cc(S(=O)(=O)N2CCC(NC(=O)CCC3CCNCC3)CC2)cn1. The predicted octanol–water partition coefficient (Wildman–Crippen LogP) is 0.469. The van der Waals surface area contributed by atoms with Gasteiger partial charge in [0, 0.05) is 38.8 Å². The summed E-state index contributed by atoms with van der Waals surface area (Å²) >= 11 is 0. The second kappa shape index (κ2) is 8.49. The van der Waals surface area contributed by atoms with E-state index in [9.17, 15) is 13.2 Å². The number of carbonyl (C=O) groups is 1. The number of hydrogen-bond donors (Lipinski definition) is 2. The largest absolute Gasteiger partial charge is 0.353 e. The average Bonchev–Trinajstić information content (AvgIpc) is 3.09. The van der Waals surface area contributed by atoms with E-state index in [4.69, 9.17) is 0 Å². The molecule has 146 valence electrons. The van der Waals surface area contributed by atoms with Crippen molar-refractivity contribution in [1.82, 2.24) is 24.7 Å². The normalized spacial score (nSPS) is 21.0. The molecule has 2 saturated heterocycles. The molecule has 3 heterocycles. The summed E-state index contributed by atoms with van der Waals surface area (Å²) in [5.41, 5.74) is 0. The van der Waals surface area contributed by atoms with Crippen LogP contribution in [0.3, 0.4) is 0 Å². The number of carbonyl (C=O) groups excluding carboxylic acids is 1. The van der Waals surface area contributed by atoms with Crippen molar-refractivity contribution in [2.45, 2.75) is 49.5 Å². The van der Waals surface area contributed by atoms with E-state index in [1.54, 1.807) is 7.05 Å². The van der Waals surface area contributed by atoms with Crippen molar-refractivity contribution in [3.63, 3.8) is 0 Å². The summed E-state index contributed by atoms with van der Waals surface area (Å²) in [5, 5.41) is 10.4. The van der Waals surface area contributed by atoms with E-state index in [1.165, 1.54) is 21.4 Å². The molecule has 2 aliphatic rings. The molecule has 2 fully saturated rings. The Kier molecular flexibility index (Phi) is 6.31. The zero-order valence-electron chi connectivity index (χ0n) is 15.4. The van der Waals surface area contributed by atoms with E-state index < -0.39 is 10.0 Å². The average molecular weight is 384 g/mol. The number of rotatable bonds is 6. The molecule has 0 radical (unpaired) electrons. The molecule has 0 unspecified atom stereocenters. The fourth-order valence-corrected chi connectivity index (χ4v) is 5.18. The Morgan fingerprint density at radius 3 is 2.58 bits per heavy atom. The van der Waals surface area contributed by atoms with Gasteiger partial charge in [-0.05, 0) is 51.1 Å². The van der Waals surface area contributed by atoms with Gasteiger partial charge in [-0.1, -0.05) is 0 Å². The van der Waals surface area contributed by atoms with Crippen molar-refractivity contribution >= 4 is 15.9 Å². The van der Waals surface area contributed by atoms with Gasteiger partial charge in [0.1, 0.15) is 4.90 Å². The monoisotopic (exact) mass is 383 g/mol. The van der Waals surface area contributed by atoms with Crippen molar-refractivity contribution in [2.24, 2.45) is 13.0 Å². The zero-order chi connectivity index (χ0) is 18.6. The van der Waals surface area contributed by atoms with E-state index in [1.807, 2.05) is 0 Å². The fraction of sp³-hybridized carbons (Fsp3) is 0.765. The van der Waals surface area contributed by atoms with Crippen LogP contribution in [0.1, 0.15) is 38.5 Å². The maximum Gasteiger partial charge on any atom is 0.246 e. The molecule has 0 atom stereocenters. The lowest BCUT2D eigenvalue weighted by molar-refractivity contribution is -0.122. The minimum Gasteiger partial charge on any atom is -0.353 e. The van der Waals surface area contributed by atoms with Gasteiger partial charge >= 0.3 is 0 Å². The van der Waals surface area contributed by atoms with Crippen LogP contribution in [0, 0.1) is 5.92 Å². The minimum atomic E-state index is -3.49. The van der Waals surface area contributed by atoms with Crippen LogP contribution in [0.4, 0.5) is 0 Å². The molecular weight excluding hydrogens is 354 g/mol. The van der Waals surface area contributed by atoms with Crippen LogP contribution in [0.15, 0.2) is 17.3 Å². The summed E-state index contributed by atoms with van der Waals surface area (Å²) in [4.78, 5) is 12.4. The van der Waals surface area contributed by atoms with E-state index in [-0.39, 0.29) is 16.8 Å². The van der Waals surface area contributed by atoms with Crippen LogP contribution in [-0.4, -0.2) is 60.6 Å². The molecule has 0 bridgehead atoms. The molecule has 1 amide bonds. The molecule has 0 saturated carbocycles. The van der Waals surface area contributed by atoms with Gasteiger partial charge in [0.05, 0.1) is 6.20 Å². The molecule has 2 aliphatic heterocycles. The highest BCUT2D eigenvalue weighted by Crippen LogP contribution is 2.21. The topological polar surface area (TPSA) is 96.3 Å². The highest BCUT2D eigenvalue weighted by molar-refractivity contribution is 7.89. The first kappa shape index (κ1) is 19.3. The summed E-state index contributed by atoms with van der Waals surface area (Å²) in [6, 6.07) is 0.0656. The van der Waals surface area contributed by atoms with Crippen molar-refractivity contribution in [3.05, 3.63) is 12.4 Å². The van der Waals surface area contributed by atoms with Crippen LogP contribution in [0.5, 0.6) is 0 Å². The molecule has 0 aromatic carbocycles. The molecule has 9 heteroatoms.